The number of benzene rings is 2. The molecule has 0 aromatic heterocycles. The molecule has 0 bridgehead atoms. The number of aromatic hydroxyl groups is 1. The first-order chi connectivity index (χ1) is 12.1. The average molecular weight is 339 g/mol. The second-order valence-corrected chi connectivity index (χ2v) is 6.82. The molecule has 0 spiro atoms. The molecule has 2 aromatic carbocycles. The van der Waals surface area contributed by atoms with Crippen molar-refractivity contribution in [1.82, 2.24) is 4.90 Å². The van der Waals surface area contributed by atoms with Crippen LogP contribution in [0.4, 0.5) is 0 Å². The van der Waals surface area contributed by atoms with Crippen LogP contribution in [0.3, 0.4) is 0 Å². The van der Waals surface area contributed by atoms with Crippen LogP contribution in [0.1, 0.15) is 24.0 Å². The first-order valence-corrected chi connectivity index (χ1v) is 8.89. The molecular formula is C21H25NO3. The molecule has 1 aliphatic rings. The van der Waals surface area contributed by atoms with Crippen LogP contribution in [0, 0.1) is 5.92 Å². The summed E-state index contributed by atoms with van der Waals surface area (Å²) in [6.07, 6.45) is 2.29. The number of carbonyl (C=O) groups is 1. The first-order valence-electron chi connectivity index (χ1n) is 8.89. The lowest BCUT2D eigenvalue weighted by molar-refractivity contribution is -0.132. The zero-order valence-corrected chi connectivity index (χ0v) is 14.3. The fourth-order valence-electron chi connectivity index (χ4n) is 3.51. The Labute approximate surface area is 148 Å². The Morgan fingerprint density at radius 2 is 1.72 bits per heavy atom. The number of rotatable bonds is 5. The maximum atomic E-state index is 12.4. The van der Waals surface area contributed by atoms with E-state index < -0.39 is 0 Å². The standard InChI is InChI=1S/C21H25NO3/c23-19-8-4-7-17(13-19)15-21(25)22-11-9-18(10-12-22)20(24)14-16-5-2-1-3-6-16/h1-8,13,18,20,23-24H,9-12,14-15H2/t20-/m1/s1. The zero-order valence-electron chi connectivity index (χ0n) is 14.3. The molecule has 4 nitrogen and oxygen atoms in total. The van der Waals surface area contributed by atoms with E-state index in [1.165, 1.54) is 0 Å². The van der Waals surface area contributed by atoms with Gasteiger partial charge < -0.3 is 15.1 Å². The molecule has 0 unspecified atom stereocenters. The highest BCUT2D eigenvalue weighted by atomic mass is 16.3. The van der Waals surface area contributed by atoms with E-state index in [2.05, 4.69) is 0 Å². The summed E-state index contributed by atoms with van der Waals surface area (Å²) in [5.41, 5.74) is 1.98. The molecule has 1 aliphatic heterocycles. The van der Waals surface area contributed by atoms with E-state index in [1.54, 1.807) is 18.2 Å². The monoisotopic (exact) mass is 339 g/mol. The van der Waals surface area contributed by atoms with Crippen molar-refractivity contribution in [2.45, 2.75) is 31.8 Å². The molecule has 1 fully saturated rings. The third-order valence-corrected chi connectivity index (χ3v) is 4.99. The van der Waals surface area contributed by atoms with Gasteiger partial charge in [-0.3, -0.25) is 4.79 Å². The van der Waals surface area contributed by atoms with Crippen LogP contribution in [0.5, 0.6) is 5.75 Å². The van der Waals surface area contributed by atoms with Gasteiger partial charge in [0.05, 0.1) is 12.5 Å². The van der Waals surface area contributed by atoms with Crippen LogP contribution in [-0.4, -0.2) is 40.2 Å². The van der Waals surface area contributed by atoms with Crippen molar-refractivity contribution in [2.75, 3.05) is 13.1 Å². The highest BCUT2D eigenvalue weighted by molar-refractivity contribution is 5.79. The molecule has 2 N–H and O–H groups in total. The smallest absolute Gasteiger partial charge is 0.226 e. The van der Waals surface area contributed by atoms with Gasteiger partial charge in [0.1, 0.15) is 5.75 Å². The Morgan fingerprint density at radius 3 is 2.40 bits per heavy atom. The molecule has 4 heteroatoms. The molecule has 0 saturated carbocycles. The van der Waals surface area contributed by atoms with Gasteiger partial charge in [-0.15, -0.1) is 0 Å². The van der Waals surface area contributed by atoms with Crippen molar-refractivity contribution < 1.29 is 15.0 Å². The maximum absolute atomic E-state index is 12.4. The second kappa shape index (κ2) is 8.17. The normalized spacial score (nSPS) is 16.6. The fraction of sp³-hybridized carbons (Fsp3) is 0.381. The van der Waals surface area contributed by atoms with Crippen LogP contribution < -0.4 is 0 Å². The van der Waals surface area contributed by atoms with E-state index in [9.17, 15) is 15.0 Å². The van der Waals surface area contributed by atoms with Gasteiger partial charge in [0, 0.05) is 13.1 Å². The summed E-state index contributed by atoms with van der Waals surface area (Å²) in [7, 11) is 0. The molecule has 0 radical (unpaired) electrons. The number of likely N-dealkylation sites (tertiary alicyclic amines) is 1. The lowest BCUT2D eigenvalue weighted by Crippen LogP contribution is -2.42. The summed E-state index contributed by atoms with van der Waals surface area (Å²) in [6.45, 7) is 1.38. The quantitative estimate of drug-likeness (QED) is 0.880. The van der Waals surface area contributed by atoms with E-state index >= 15 is 0 Å². The molecule has 1 heterocycles. The Kier molecular flexibility index (Phi) is 5.71. The number of piperidine rings is 1. The number of aliphatic hydroxyl groups is 1. The van der Waals surface area contributed by atoms with Gasteiger partial charge in [-0.2, -0.15) is 0 Å². The highest BCUT2D eigenvalue weighted by Crippen LogP contribution is 2.24. The van der Waals surface area contributed by atoms with E-state index in [1.807, 2.05) is 41.3 Å². The van der Waals surface area contributed by atoms with E-state index in [-0.39, 0.29) is 23.7 Å². The summed E-state index contributed by atoms with van der Waals surface area (Å²) in [6, 6.07) is 16.9. The fourth-order valence-corrected chi connectivity index (χ4v) is 3.51. The highest BCUT2D eigenvalue weighted by Gasteiger charge is 2.27. The van der Waals surface area contributed by atoms with Gasteiger partial charge in [-0.05, 0) is 48.4 Å². The van der Waals surface area contributed by atoms with Gasteiger partial charge in [-0.25, -0.2) is 0 Å². The van der Waals surface area contributed by atoms with Gasteiger partial charge >= 0.3 is 0 Å². The Hall–Kier alpha value is -2.33. The molecule has 132 valence electrons. The second-order valence-electron chi connectivity index (χ2n) is 6.82. The van der Waals surface area contributed by atoms with Crippen LogP contribution in [-0.2, 0) is 17.6 Å². The summed E-state index contributed by atoms with van der Waals surface area (Å²) < 4.78 is 0. The summed E-state index contributed by atoms with van der Waals surface area (Å²) in [5, 5.41) is 20.0. The number of amides is 1. The molecular weight excluding hydrogens is 314 g/mol. The molecule has 1 atom stereocenters. The van der Waals surface area contributed by atoms with Crippen LogP contribution in [0.15, 0.2) is 54.6 Å². The number of carbonyl (C=O) groups excluding carboxylic acids is 1. The van der Waals surface area contributed by atoms with Crippen molar-refractivity contribution in [3.63, 3.8) is 0 Å². The number of phenolic OH excluding ortho intramolecular Hbond substituents is 1. The average Bonchev–Trinajstić information content (AvgIpc) is 2.62. The van der Waals surface area contributed by atoms with E-state index in [4.69, 9.17) is 0 Å². The van der Waals surface area contributed by atoms with Crippen molar-refractivity contribution >= 4 is 5.91 Å². The largest absolute Gasteiger partial charge is 0.508 e. The van der Waals surface area contributed by atoms with E-state index in [0.29, 0.717) is 25.9 Å². The van der Waals surface area contributed by atoms with Crippen molar-refractivity contribution in [3.05, 3.63) is 65.7 Å². The lowest BCUT2D eigenvalue weighted by atomic mass is 9.88. The molecule has 1 amide bonds. The number of phenols is 1. The van der Waals surface area contributed by atoms with Gasteiger partial charge in [0.25, 0.3) is 0 Å². The number of aliphatic hydroxyl groups excluding tert-OH is 1. The first kappa shape index (κ1) is 17.5. The lowest BCUT2D eigenvalue weighted by Gasteiger charge is -2.34. The SMILES string of the molecule is O=C(Cc1cccc(O)c1)N1CCC([C@H](O)Cc2ccccc2)CC1. The minimum absolute atomic E-state index is 0.0848. The topological polar surface area (TPSA) is 60.8 Å². The predicted octanol–water partition coefficient (Wildman–Crippen LogP) is 2.78. The maximum Gasteiger partial charge on any atom is 0.226 e. The van der Waals surface area contributed by atoms with Crippen molar-refractivity contribution in [2.24, 2.45) is 5.92 Å². The van der Waals surface area contributed by atoms with Gasteiger partial charge in [-0.1, -0.05) is 42.5 Å². The Morgan fingerprint density at radius 1 is 1.04 bits per heavy atom. The van der Waals surface area contributed by atoms with Gasteiger partial charge in [0.15, 0.2) is 0 Å². The molecule has 2 aromatic rings. The number of nitrogens with zero attached hydrogens (tertiary/aromatic N) is 1. The predicted molar refractivity (Wildman–Crippen MR) is 97.3 cm³/mol. The molecule has 0 aliphatic carbocycles. The van der Waals surface area contributed by atoms with Crippen LogP contribution >= 0.6 is 0 Å². The third kappa shape index (κ3) is 4.83. The number of hydrogen-bond acceptors (Lipinski definition) is 3. The Balaban J connectivity index is 1.48. The van der Waals surface area contributed by atoms with E-state index in [0.717, 1.165) is 24.0 Å². The zero-order chi connectivity index (χ0) is 17.6. The van der Waals surface area contributed by atoms with Crippen molar-refractivity contribution in [1.29, 1.82) is 0 Å². The molecule has 1 saturated heterocycles. The summed E-state index contributed by atoms with van der Waals surface area (Å²) >= 11 is 0. The third-order valence-electron chi connectivity index (χ3n) is 4.99. The minimum atomic E-state index is -0.356. The van der Waals surface area contributed by atoms with Crippen LogP contribution in [0.2, 0.25) is 0 Å². The Bertz CT molecular complexity index is 693. The summed E-state index contributed by atoms with van der Waals surface area (Å²) in [5.74, 6) is 0.514. The number of hydrogen-bond donors (Lipinski definition) is 2. The van der Waals surface area contributed by atoms with Crippen molar-refractivity contribution in [3.8, 4) is 5.75 Å². The van der Waals surface area contributed by atoms with Crippen LogP contribution in [0.25, 0.3) is 0 Å². The summed E-state index contributed by atoms with van der Waals surface area (Å²) in [4.78, 5) is 14.3. The minimum Gasteiger partial charge on any atom is -0.508 e. The van der Waals surface area contributed by atoms with Gasteiger partial charge in [0.2, 0.25) is 5.91 Å². The molecule has 3 rings (SSSR count). The molecule has 25 heavy (non-hydrogen) atoms.